The van der Waals surface area contributed by atoms with Gasteiger partial charge >= 0.3 is 0 Å². The van der Waals surface area contributed by atoms with Crippen molar-refractivity contribution >= 4 is 27.7 Å². The second kappa shape index (κ2) is 6.41. The second-order valence-electron chi connectivity index (χ2n) is 4.21. The molecule has 0 radical (unpaired) electrons. The highest BCUT2D eigenvalue weighted by molar-refractivity contribution is 9.10. The predicted octanol–water partition coefficient (Wildman–Crippen LogP) is 4.51. The van der Waals surface area contributed by atoms with E-state index in [1.807, 2.05) is 17.8 Å². The molecule has 1 nitrogen and oxygen atoms in total. The van der Waals surface area contributed by atoms with Crippen LogP contribution in [0.5, 0.6) is 0 Å². The molecule has 2 rings (SSSR count). The van der Waals surface area contributed by atoms with Gasteiger partial charge in [-0.05, 0) is 41.8 Å². The van der Waals surface area contributed by atoms with Crippen LogP contribution in [-0.4, -0.2) is 0 Å². The molecule has 2 aromatic rings. The van der Waals surface area contributed by atoms with E-state index >= 15 is 0 Å². The van der Waals surface area contributed by atoms with Crippen LogP contribution in [0.15, 0.2) is 51.8 Å². The molecular formula is C15H16BrNS. The van der Waals surface area contributed by atoms with Gasteiger partial charge in [0.1, 0.15) is 0 Å². The number of aryl methyl sites for hydroxylation is 1. The topological polar surface area (TPSA) is 26.0 Å². The summed E-state index contributed by atoms with van der Waals surface area (Å²) in [5, 5.41) is 0. The van der Waals surface area contributed by atoms with Crippen molar-refractivity contribution in [2.45, 2.75) is 24.1 Å². The van der Waals surface area contributed by atoms with Gasteiger partial charge < -0.3 is 5.73 Å². The lowest BCUT2D eigenvalue weighted by atomic mass is 10.1. The smallest absolute Gasteiger partial charge is 0.0234 e. The highest BCUT2D eigenvalue weighted by atomic mass is 79.9. The molecule has 0 heterocycles. The van der Waals surface area contributed by atoms with Gasteiger partial charge in [0.25, 0.3) is 0 Å². The van der Waals surface area contributed by atoms with Gasteiger partial charge in [-0.2, -0.15) is 0 Å². The first-order valence-corrected chi connectivity index (χ1v) is 7.64. The molecule has 0 atom stereocenters. The summed E-state index contributed by atoms with van der Waals surface area (Å²) in [7, 11) is 0. The maximum absolute atomic E-state index is 5.64. The number of thioether (sulfide) groups is 1. The zero-order valence-electron chi connectivity index (χ0n) is 10.3. The van der Waals surface area contributed by atoms with Crippen molar-refractivity contribution in [2.24, 2.45) is 5.73 Å². The van der Waals surface area contributed by atoms with Gasteiger partial charge in [-0.25, -0.2) is 0 Å². The van der Waals surface area contributed by atoms with E-state index < -0.39 is 0 Å². The molecule has 0 aliphatic heterocycles. The molecular weight excluding hydrogens is 306 g/mol. The summed E-state index contributed by atoms with van der Waals surface area (Å²) >= 11 is 5.35. The Morgan fingerprint density at radius 3 is 2.67 bits per heavy atom. The summed E-state index contributed by atoms with van der Waals surface area (Å²) in [6, 6.07) is 14.9. The minimum atomic E-state index is 0.611. The van der Waals surface area contributed by atoms with Crippen LogP contribution in [0.2, 0.25) is 0 Å². The summed E-state index contributed by atoms with van der Waals surface area (Å²) in [5.74, 6) is 0.993. The average Bonchev–Trinajstić information content (AvgIpc) is 2.37. The van der Waals surface area contributed by atoms with Crippen molar-refractivity contribution in [2.75, 3.05) is 0 Å². The highest BCUT2D eigenvalue weighted by Gasteiger charge is 2.01. The van der Waals surface area contributed by atoms with E-state index in [9.17, 15) is 0 Å². The molecule has 0 saturated heterocycles. The van der Waals surface area contributed by atoms with E-state index in [1.165, 1.54) is 21.6 Å². The minimum Gasteiger partial charge on any atom is -0.326 e. The maximum Gasteiger partial charge on any atom is 0.0234 e. The third kappa shape index (κ3) is 3.61. The number of hydrogen-bond acceptors (Lipinski definition) is 2. The van der Waals surface area contributed by atoms with Gasteiger partial charge in [-0.15, -0.1) is 11.8 Å². The summed E-state index contributed by atoms with van der Waals surface area (Å²) in [6.45, 7) is 2.76. The SMILES string of the molecule is Cc1cc(CN)ccc1CSc1cccc(Br)c1. The molecule has 0 saturated carbocycles. The monoisotopic (exact) mass is 321 g/mol. The number of benzene rings is 2. The van der Waals surface area contributed by atoms with E-state index in [1.54, 1.807) is 0 Å². The molecule has 0 amide bonds. The number of nitrogens with two attached hydrogens (primary N) is 1. The lowest BCUT2D eigenvalue weighted by Crippen LogP contribution is -1.97. The molecule has 2 N–H and O–H groups in total. The van der Waals surface area contributed by atoms with Crippen LogP contribution in [-0.2, 0) is 12.3 Å². The van der Waals surface area contributed by atoms with Gasteiger partial charge in [-0.3, -0.25) is 0 Å². The van der Waals surface area contributed by atoms with E-state index in [0.29, 0.717) is 6.54 Å². The summed E-state index contributed by atoms with van der Waals surface area (Å²) < 4.78 is 1.13. The van der Waals surface area contributed by atoms with Crippen molar-refractivity contribution in [1.29, 1.82) is 0 Å². The van der Waals surface area contributed by atoms with Gasteiger partial charge in [0.2, 0.25) is 0 Å². The Bertz CT molecular complexity index is 540. The van der Waals surface area contributed by atoms with Crippen LogP contribution in [0.1, 0.15) is 16.7 Å². The summed E-state index contributed by atoms with van der Waals surface area (Å²) in [5.41, 5.74) is 9.53. The molecule has 18 heavy (non-hydrogen) atoms. The summed E-state index contributed by atoms with van der Waals surface area (Å²) in [6.07, 6.45) is 0. The first-order chi connectivity index (χ1) is 8.69. The zero-order valence-corrected chi connectivity index (χ0v) is 12.7. The van der Waals surface area contributed by atoms with Crippen molar-refractivity contribution in [1.82, 2.24) is 0 Å². The molecule has 0 fully saturated rings. The largest absolute Gasteiger partial charge is 0.326 e. The fourth-order valence-corrected chi connectivity index (χ4v) is 3.35. The Balaban J connectivity index is 2.06. The average molecular weight is 322 g/mol. The van der Waals surface area contributed by atoms with Crippen molar-refractivity contribution in [3.8, 4) is 0 Å². The van der Waals surface area contributed by atoms with Crippen LogP contribution in [0.4, 0.5) is 0 Å². The molecule has 0 aliphatic carbocycles. The fraction of sp³-hybridized carbons (Fsp3) is 0.200. The van der Waals surface area contributed by atoms with E-state index in [0.717, 1.165) is 10.2 Å². The van der Waals surface area contributed by atoms with Crippen LogP contribution >= 0.6 is 27.7 Å². The number of hydrogen-bond donors (Lipinski definition) is 1. The molecule has 0 aliphatic rings. The molecule has 0 spiro atoms. The van der Waals surface area contributed by atoms with Crippen LogP contribution < -0.4 is 5.73 Å². The first kappa shape index (κ1) is 13.7. The Morgan fingerprint density at radius 2 is 2.00 bits per heavy atom. The zero-order chi connectivity index (χ0) is 13.0. The van der Waals surface area contributed by atoms with Crippen LogP contribution in [0.25, 0.3) is 0 Å². The predicted molar refractivity (Wildman–Crippen MR) is 82.8 cm³/mol. The Morgan fingerprint density at radius 1 is 1.17 bits per heavy atom. The molecule has 3 heteroatoms. The lowest BCUT2D eigenvalue weighted by Gasteiger charge is -2.08. The minimum absolute atomic E-state index is 0.611. The Kier molecular flexibility index (Phi) is 4.87. The Labute approximate surface area is 121 Å². The van der Waals surface area contributed by atoms with Gasteiger partial charge in [0.15, 0.2) is 0 Å². The molecule has 0 aromatic heterocycles. The van der Waals surface area contributed by atoms with Crippen LogP contribution in [0, 0.1) is 6.92 Å². The number of halogens is 1. The molecule has 94 valence electrons. The second-order valence-corrected chi connectivity index (χ2v) is 6.18. The lowest BCUT2D eigenvalue weighted by molar-refractivity contribution is 1.06. The molecule has 2 aromatic carbocycles. The Hall–Kier alpha value is -0.770. The quantitative estimate of drug-likeness (QED) is 0.838. The normalized spacial score (nSPS) is 10.6. The molecule has 0 bridgehead atoms. The summed E-state index contributed by atoms with van der Waals surface area (Å²) in [4.78, 5) is 1.28. The fourth-order valence-electron chi connectivity index (χ4n) is 1.76. The number of rotatable bonds is 4. The maximum atomic E-state index is 5.64. The van der Waals surface area contributed by atoms with Crippen molar-refractivity contribution in [3.63, 3.8) is 0 Å². The van der Waals surface area contributed by atoms with Gasteiger partial charge in [0, 0.05) is 21.7 Å². The van der Waals surface area contributed by atoms with Gasteiger partial charge in [-0.1, -0.05) is 40.2 Å². The van der Waals surface area contributed by atoms with Crippen molar-refractivity contribution in [3.05, 3.63) is 63.6 Å². The van der Waals surface area contributed by atoms with Gasteiger partial charge in [0.05, 0.1) is 0 Å². The molecule has 0 unspecified atom stereocenters. The third-order valence-corrected chi connectivity index (χ3v) is 4.37. The first-order valence-electron chi connectivity index (χ1n) is 5.86. The van der Waals surface area contributed by atoms with E-state index in [-0.39, 0.29) is 0 Å². The van der Waals surface area contributed by atoms with Crippen molar-refractivity contribution < 1.29 is 0 Å². The van der Waals surface area contributed by atoms with E-state index in [2.05, 4.69) is 59.3 Å². The van der Waals surface area contributed by atoms with Crippen LogP contribution in [0.3, 0.4) is 0 Å². The standard InChI is InChI=1S/C15H16BrNS/c1-11-7-12(9-17)5-6-13(11)10-18-15-4-2-3-14(16)8-15/h2-8H,9-10,17H2,1H3. The van der Waals surface area contributed by atoms with E-state index in [4.69, 9.17) is 5.73 Å². The third-order valence-electron chi connectivity index (χ3n) is 2.83. The highest BCUT2D eigenvalue weighted by Crippen LogP contribution is 2.26.